The first kappa shape index (κ1) is 19.1. The molecule has 0 spiro atoms. The number of aryl methyl sites for hydroxylation is 1. The second-order valence-electron chi connectivity index (χ2n) is 5.91. The van der Waals surface area contributed by atoms with E-state index in [9.17, 15) is 4.79 Å². The minimum Gasteiger partial charge on any atom is -0.497 e. The van der Waals surface area contributed by atoms with E-state index in [4.69, 9.17) is 9.47 Å². The van der Waals surface area contributed by atoms with Crippen LogP contribution in [-0.2, 0) is 11.8 Å². The summed E-state index contributed by atoms with van der Waals surface area (Å²) in [6.45, 7) is 1.41. The highest BCUT2D eigenvalue weighted by Gasteiger charge is 2.34. The molecule has 3 rings (SSSR count). The predicted octanol–water partition coefficient (Wildman–Crippen LogP) is 1.80. The highest BCUT2D eigenvalue weighted by atomic mass is 35.5. The lowest BCUT2D eigenvalue weighted by molar-refractivity contribution is -0.119. The number of halogens is 1. The molecule has 136 valence electrons. The lowest BCUT2D eigenvalue weighted by atomic mass is 9.90. The van der Waals surface area contributed by atoms with E-state index in [-0.39, 0.29) is 30.2 Å². The second kappa shape index (κ2) is 8.22. The molecule has 0 unspecified atom stereocenters. The Balaban J connectivity index is 0.00000225. The quantitative estimate of drug-likeness (QED) is 0.843. The Labute approximate surface area is 153 Å². The zero-order valence-corrected chi connectivity index (χ0v) is 15.3. The Kier molecular flexibility index (Phi) is 6.27. The maximum atomic E-state index is 12.7. The van der Waals surface area contributed by atoms with Crippen LogP contribution in [0.2, 0.25) is 0 Å². The van der Waals surface area contributed by atoms with Crippen LogP contribution in [0.25, 0.3) is 0 Å². The normalized spacial score (nSPS) is 19.2. The Morgan fingerprint density at radius 1 is 1.24 bits per heavy atom. The van der Waals surface area contributed by atoms with E-state index in [0.717, 1.165) is 12.1 Å². The van der Waals surface area contributed by atoms with E-state index >= 15 is 0 Å². The summed E-state index contributed by atoms with van der Waals surface area (Å²) in [5.74, 6) is 1.22. The highest BCUT2D eigenvalue weighted by molar-refractivity contribution is 5.94. The molecule has 2 N–H and O–H groups in total. The molecule has 2 aromatic rings. The average Bonchev–Trinajstić information content (AvgIpc) is 3.22. The molecular weight excluding hydrogens is 344 g/mol. The van der Waals surface area contributed by atoms with E-state index in [0.29, 0.717) is 23.7 Å². The molecular formula is C17H23ClN4O3. The molecule has 1 aromatic heterocycles. The standard InChI is InChI=1S/C17H22N4O3.ClH/c1-21-10-11(7-19-21)15-8-18-9-16(15)17(22)20-12-4-13(23-2)6-14(5-12)24-3;/h4-7,10,15-16,18H,8-9H2,1-3H3,(H,20,22);1H/t15-,16+;/m1./s1. The summed E-state index contributed by atoms with van der Waals surface area (Å²) in [5.41, 5.74) is 1.74. The monoisotopic (exact) mass is 366 g/mol. The molecule has 2 atom stereocenters. The molecule has 7 nitrogen and oxygen atoms in total. The first-order chi connectivity index (χ1) is 11.6. The van der Waals surface area contributed by atoms with Crippen molar-refractivity contribution in [1.29, 1.82) is 0 Å². The third-order valence-electron chi connectivity index (χ3n) is 4.32. The molecule has 1 aliphatic rings. The fourth-order valence-electron chi connectivity index (χ4n) is 3.05. The van der Waals surface area contributed by atoms with Crippen molar-refractivity contribution in [2.24, 2.45) is 13.0 Å². The van der Waals surface area contributed by atoms with Gasteiger partial charge in [0.25, 0.3) is 0 Å². The van der Waals surface area contributed by atoms with Crippen molar-refractivity contribution >= 4 is 24.0 Å². The van der Waals surface area contributed by atoms with Crippen molar-refractivity contribution < 1.29 is 14.3 Å². The van der Waals surface area contributed by atoms with Crippen LogP contribution in [0.4, 0.5) is 5.69 Å². The van der Waals surface area contributed by atoms with Crippen LogP contribution in [0.3, 0.4) is 0 Å². The largest absolute Gasteiger partial charge is 0.497 e. The third-order valence-corrected chi connectivity index (χ3v) is 4.32. The fourth-order valence-corrected chi connectivity index (χ4v) is 3.05. The summed E-state index contributed by atoms with van der Waals surface area (Å²) in [7, 11) is 5.04. The molecule has 0 bridgehead atoms. The number of nitrogens with zero attached hydrogens (tertiary/aromatic N) is 2. The van der Waals surface area contributed by atoms with E-state index in [1.165, 1.54) is 0 Å². The Morgan fingerprint density at radius 2 is 1.92 bits per heavy atom. The number of carbonyl (C=O) groups is 1. The Hall–Kier alpha value is -2.25. The zero-order chi connectivity index (χ0) is 17.1. The van der Waals surface area contributed by atoms with Crippen molar-refractivity contribution in [3.8, 4) is 11.5 Å². The number of methoxy groups -OCH3 is 2. The van der Waals surface area contributed by atoms with E-state index in [1.807, 2.05) is 19.4 Å². The van der Waals surface area contributed by atoms with Crippen LogP contribution in [0.15, 0.2) is 30.6 Å². The van der Waals surface area contributed by atoms with Gasteiger partial charge in [0.05, 0.1) is 26.3 Å². The zero-order valence-electron chi connectivity index (χ0n) is 14.5. The molecule has 25 heavy (non-hydrogen) atoms. The topological polar surface area (TPSA) is 77.4 Å². The lowest BCUT2D eigenvalue weighted by Crippen LogP contribution is -2.28. The van der Waals surface area contributed by atoms with Gasteiger partial charge >= 0.3 is 0 Å². The summed E-state index contributed by atoms with van der Waals surface area (Å²) in [6, 6.07) is 5.33. The van der Waals surface area contributed by atoms with Crippen molar-refractivity contribution in [3.05, 3.63) is 36.2 Å². The molecule has 1 fully saturated rings. The maximum absolute atomic E-state index is 12.7. The van der Waals surface area contributed by atoms with Gasteiger partial charge in [-0.05, 0) is 5.56 Å². The average molecular weight is 367 g/mol. The molecule has 1 saturated heterocycles. The number of hydrogen-bond donors (Lipinski definition) is 2. The first-order valence-corrected chi connectivity index (χ1v) is 7.84. The smallest absolute Gasteiger partial charge is 0.229 e. The van der Waals surface area contributed by atoms with Gasteiger partial charge in [0, 0.05) is 56.1 Å². The van der Waals surface area contributed by atoms with Gasteiger partial charge < -0.3 is 20.1 Å². The number of hydrogen-bond acceptors (Lipinski definition) is 5. The van der Waals surface area contributed by atoms with Crippen molar-refractivity contribution in [2.45, 2.75) is 5.92 Å². The number of nitrogens with one attached hydrogen (secondary N) is 2. The van der Waals surface area contributed by atoms with Crippen molar-refractivity contribution in [2.75, 3.05) is 32.6 Å². The number of anilines is 1. The summed E-state index contributed by atoms with van der Waals surface area (Å²) in [5, 5.41) is 10.5. The van der Waals surface area contributed by atoms with Crippen LogP contribution in [0.1, 0.15) is 11.5 Å². The van der Waals surface area contributed by atoms with Gasteiger partial charge in [-0.2, -0.15) is 5.10 Å². The van der Waals surface area contributed by atoms with Crippen molar-refractivity contribution in [3.63, 3.8) is 0 Å². The van der Waals surface area contributed by atoms with Crippen LogP contribution in [0.5, 0.6) is 11.5 Å². The van der Waals surface area contributed by atoms with Gasteiger partial charge in [-0.3, -0.25) is 9.48 Å². The SMILES string of the molecule is COc1cc(NC(=O)[C@H]2CNC[C@@H]2c2cnn(C)c2)cc(OC)c1.Cl. The van der Waals surface area contributed by atoms with Gasteiger partial charge in [-0.25, -0.2) is 0 Å². The Bertz CT molecular complexity index is 712. The van der Waals surface area contributed by atoms with Gasteiger partial charge in [-0.1, -0.05) is 0 Å². The van der Waals surface area contributed by atoms with E-state index in [1.54, 1.807) is 37.1 Å². The number of benzene rings is 1. The molecule has 2 heterocycles. The van der Waals surface area contributed by atoms with Gasteiger partial charge in [0.1, 0.15) is 11.5 Å². The summed E-state index contributed by atoms with van der Waals surface area (Å²) in [4.78, 5) is 12.7. The van der Waals surface area contributed by atoms with Crippen LogP contribution >= 0.6 is 12.4 Å². The van der Waals surface area contributed by atoms with Crippen LogP contribution in [-0.4, -0.2) is 43.0 Å². The fraction of sp³-hybridized carbons (Fsp3) is 0.412. The lowest BCUT2D eigenvalue weighted by Gasteiger charge is -2.17. The molecule has 1 aliphatic heterocycles. The minimum absolute atomic E-state index is 0. The van der Waals surface area contributed by atoms with Gasteiger partial charge in [0.15, 0.2) is 0 Å². The van der Waals surface area contributed by atoms with Crippen LogP contribution in [0, 0.1) is 5.92 Å². The second-order valence-corrected chi connectivity index (χ2v) is 5.91. The van der Waals surface area contributed by atoms with Crippen LogP contribution < -0.4 is 20.1 Å². The predicted molar refractivity (Wildman–Crippen MR) is 97.7 cm³/mol. The summed E-state index contributed by atoms with van der Waals surface area (Å²) >= 11 is 0. The molecule has 1 aromatic carbocycles. The summed E-state index contributed by atoms with van der Waals surface area (Å²) in [6.07, 6.45) is 3.79. The minimum atomic E-state index is -0.147. The van der Waals surface area contributed by atoms with Crippen molar-refractivity contribution in [1.82, 2.24) is 15.1 Å². The van der Waals surface area contributed by atoms with E-state index in [2.05, 4.69) is 15.7 Å². The van der Waals surface area contributed by atoms with Gasteiger partial charge in [-0.15, -0.1) is 12.4 Å². The Morgan fingerprint density at radius 3 is 2.48 bits per heavy atom. The number of aromatic nitrogens is 2. The number of ether oxygens (including phenoxy) is 2. The van der Waals surface area contributed by atoms with E-state index < -0.39 is 0 Å². The number of amides is 1. The molecule has 1 amide bonds. The number of rotatable bonds is 5. The molecule has 0 aliphatic carbocycles. The van der Waals surface area contributed by atoms with Gasteiger partial charge in [0.2, 0.25) is 5.91 Å². The number of carbonyl (C=O) groups excluding carboxylic acids is 1. The molecule has 0 radical (unpaired) electrons. The maximum Gasteiger partial charge on any atom is 0.229 e. The first-order valence-electron chi connectivity index (χ1n) is 7.84. The molecule has 8 heteroatoms. The summed E-state index contributed by atoms with van der Waals surface area (Å²) < 4.78 is 12.2. The highest BCUT2D eigenvalue weighted by Crippen LogP contribution is 2.30. The molecule has 0 saturated carbocycles. The third kappa shape index (κ3) is 4.24.